The molecule has 0 saturated carbocycles. The molecular weight excluding hydrogens is 396 g/mol. The third-order valence-corrected chi connectivity index (χ3v) is 4.98. The van der Waals surface area contributed by atoms with Gasteiger partial charge in [-0.2, -0.15) is 0 Å². The van der Waals surface area contributed by atoms with Gasteiger partial charge < -0.3 is 19.3 Å². The monoisotopic (exact) mass is 422 g/mol. The lowest BCUT2D eigenvalue weighted by Crippen LogP contribution is -2.40. The number of rotatable bonds is 7. The Morgan fingerprint density at radius 2 is 1.71 bits per heavy atom. The molecule has 0 bridgehead atoms. The molecule has 4 rings (SSSR count). The summed E-state index contributed by atoms with van der Waals surface area (Å²) in [5, 5.41) is 10.9. The minimum Gasteiger partial charge on any atom is -0.491 e. The number of aliphatic hydroxyl groups is 1. The molecule has 1 N–H and O–H groups in total. The summed E-state index contributed by atoms with van der Waals surface area (Å²) in [6, 6.07) is 19.2. The van der Waals surface area contributed by atoms with Crippen LogP contribution in [-0.4, -0.2) is 36.8 Å². The predicted octanol–water partition coefficient (Wildman–Crippen LogP) is 5.10. The summed E-state index contributed by atoms with van der Waals surface area (Å²) in [6.07, 6.45) is -0.366. The van der Waals surface area contributed by atoms with E-state index in [-0.39, 0.29) is 19.3 Å². The number of hydrogen-bond acceptors (Lipinski definition) is 6. The summed E-state index contributed by atoms with van der Waals surface area (Å²) in [5.41, 5.74) is 1.69. The Balaban J connectivity index is 1.49. The van der Waals surface area contributed by atoms with Crippen LogP contribution < -0.4 is 9.47 Å². The lowest BCUT2D eigenvalue weighted by atomic mass is 10.0. The van der Waals surface area contributed by atoms with E-state index in [0.717, 1.165) is 27.7 Å². The van der Waals surface area contributed by atoms with Crippen LogP contribution in [0.5, 0.6) is 17.2 Å². The maximum atomic E-state index is 9.04. The lowest BCUT2D eigenvalue weighted by molar-refractivity contribution is -0.467. The molecule has 3 aromatic rings. The minimum absolute atomic E-state index is 0.0356. The van der Waals surface area contributed by atoms with Crippen molar-refractivity contribution in [1.29, 1.82) is 0 Å². The van der Waals surface area contributed by atoms with Crippen molar-refractivity contribution in [2.24, 2.45) is 0 Å². The van der Waals surface area contributed by atoms with Crippen molar-refractivity contribution < 1.29 is 29.1 Å². The zero-order valence-electron chi connectivity index (χ0n) is 17.7. The van der Waals surface area contributed by atoms with Crippen molar-refractivity contribution in [2.75, 3.05) is 19.8 Å². The Kier molecular flexibility index (Phi) is 6.25. The van der Waals surface area contributed by atoms with Crippen LogP contribution >= 0.6 is 0 Å². The van der Waals surface area contributed by atoms with E-state index in [1.165, 1.54) is 0 Å². The Hall–Kier alpha value is -2.90. The van der Waals surface area contributed by atoms with E-state index in [9.17, 15) is 0 Å². The lowest BCUT2D eigenvalue weighted by Gasteiger charge is -2.34. The summed E-state index contributed by atoms with van der Waals surface area (Å²) in [5.74, 6) is 1.38. The van der Waals surface area contributed by atoms with Crippen LogP contribution in [0, 0.1) is 0 Å². The third-order valence-electron chi connectivity index (χ3n) is 4.98. The van der Waals surface area contributed by atoms with Crippen LogP contribution in [0.1, 0.15) is 19.4 Å². The van der Waals surface area contributed by atoms with Crippen molar-refractivity contribution in [3.63, 3.8) is 0 Å². The van der Waals surface area contributed by atoms with E-state index in [1.807, 2.05) is 60.7 Å². The van der Waals surface area contributed by atoms with Gasteiger partial charge in [0.15, 0.2) is 5.79 Å². The van der Waals surface area contributed by atoms with Crippen LogP contribution in [0.4, 0.5) is 0 Å². The second kappa shape index (κ2) is 9.08. The van der Waals surface area contributed by atoms with E-state index < -0.39 is 5.79 Å². The predicted molar refractivity (Wildman–Crippen MR) is 118 cm³/mol. The molecular formula is C25H26O6. The highest BCUT2D eigenvalue weighted by molar-refractivity contribution is 5.93. The first-order valence-electron chi connectivity index (χ1n) is 10.2. The Labute approximate surface area is 181 Å². The summed E-state index contributed by atoms with van der Waals surface area (Å²) in [4.78, 5) is 10.7. The Morgan fingerprint density at radius 1 is 1.03 bits per heavy atom. The minimum atomic E-state index is -0.754. The maximum absolute atomic E-state index is 9.04. The summed E-state index contributed by atoms with van der Waals surface area (Å²) in [6.45, 7) is 8.31. The van der Waals surface area contributed by atoms with Crippen LogP contribution in [0.3, 0.4) is 0 Å². The number of benzene rings is 3. The number of aliphatic hydroxyl groups excluding tert-OH is 1. The average molecular weight is 422 g/mol. The summed E-state index contributed by atoms with van der Waals surface area (Å²) < 4.78 is 17.4. The van der Waals surface area contributed by atoms with Gasteiger partial charge in [0.05, 0.1) is 13.2 Å². The van der Waals surface area contributed by atoms with E-state index in [2.05, 4.69) is 6.58 Å². The van der Waals surface area contributed by atoms with E-state index in [0.29, 0.717) is 18.1 Å². The molecule has 0 radical (unpaired) electrons. The molecule has 31 heavy (non-hydrogen) atoms. The Morgan fingerprint density at radius 3 is 2.35 bits per heavy atom. The van der Waals surface area contributed by atoms with Crippen molar-refractivity contribution in [2.45, 2.75) is 25.7 Å². The van der Waals surface area contributed by atoms with Crippen molar-refractivity contribution >= 4 is 16.3 Å². The van der Waals surface area contributed by atoms with Gasteiger partial charge in [-0.25, -0.2) is 9.78 Å². The molecule has 1 unspecified atom stereocenters. The van der Waals surface area contributed by atoms with Crippen LogP contribution in [0.2, 0.25) is 0 Å². The zero-order valence-corrected chi connectivity index (χ0v) is 17.7. The van der Waals surface area contributed by atoms with Gasteiger partial charge in [-0.05, 0) is 49.2 Å². The fraction of sp³-hybridized carbons (Fsp3) is 0.280. The van der Waals surface area contributed by atoms with Crippen LogP contribution in [0.25, 0.3) is 16.3 Å². The molecule has 0 amide bonds. The first kappa shape index (κ1) is 21.3. The van der Waals surface area contributed by atoms with Gasteiger partial charge in [-0.3, -0.25) is 0 Å². The smallest absolute Gasteiger partial charge is 0.196 e. The summed E-state index contributed by atoms with van der Waals surface area (Å²) >= 11 is 0. The van der Waals surface area contributed by atoms with Crippen molar-refractivity contribution in [3.8, 4) is 17.2 Å². The van der Waals surface area contributed by atoms with E-state index in [1.54, 1.807) is 13.8 Å². The summed E-state index contributed by atoms with van der Waals surface area (Å²) in [7, 11) is 0. The molecule has 0 aliphatic carbocycles. The SMILES string of the molecule is C=C(c1ccc(Oc2cccc3c(OCCO)cccc23)cc1)C1COC(C)(C)OO1. The van der Waals surface area contributed by atoms with Gasteiger partial charge in [-0.15, -0.1) is 0 Å². The molecule has 162 valence electrons. The van der Waals surface area contributed by atoms with Crippen LogP contribution in [0.15, 0.2) is 67.2 Å². The van der Waals surface area contributed by atoms with Gasteiger partial charge in [0.25, 0.3) is 0 Å². The van der Waals surface area contributed by atoms with Crippen LogP contribution in [-0.2, 0) is 14.5 Å². The van der Waals surface area contributed by atoms with Gasteiger partial charge >= 0.3 is 0 Å². The quantitative estimate of drug-likeness (QED) is 0.535. The first-order chi connectivity index (χ1) is 15.0. The number of fused-ring (bicyclic) bond motifs is 1. The molecule has 1 heterocycles. The topological polar surface area (TPSA) is 66.4 Å². The molecule has 6 nitrogen and oxygen atoms in total. The van der Waals surface area contributed by atoms with Gasteiger partial charge in [0.2, 0.25) is 0 Å². The second-order valence-electron chi connectivity index (χ2n) is 7.71. The third kappa shape index (κ3) is 4.89. The number of hydrogen-bond donors (Lipinski definition) is 1. The Bertz CT molecular complexity index is 1050. The normalized spacial score (nSPS) is 18.0. The van der Waals surface area contributed by atoms with Crippen molar-refractivity contribution in [3.05, 3.63) is 72.8 Å². The molecule has 1 aliphatic heterocycles. The standard InChI is InChI=1S/C25H26O6/c1-17(24-16-28-25(2,3)31-30-24)18-10-12-19(13-11-18)29-23-9-5-6-20-21(23)7-4-8-22(20)27-15-14-26/h4-13,24,26H,1,14-16H2,2-3H3. The van der Waals surface area contributed by atoms with Gasteiger partial charge in [0.1, 0.15) is 30.0 Å². The second-order valence-corrected chi connectivity index (χ2v) is 7.71. The molecule has 6 heteroatoms. The van der Waals surface area contributed by atoms with E-state index >= 15 is 0 Å². The van der Waals surface area contributed by atoms with Gasteiger partial charge in [0, 0.05) is 10.8 Å². The highest BCUT2D eigenvalue weighted by atomic mass is 17.2. The highest BCUT2D eigenvalue weighted by Crippen LogP contribution is 2.35. The fourth-order valence-corrected chi connectivity index (χ4v) is 3.33. The molecule has 0 spiro atoms. The first-order valence-corrected chi connectivity index (χ1v) is 10.2. The largest absolute Gasteiger partial charge is 0.491 e. The number of ether oxygens (including phenoxy) is 3. The molecule has 0 aromatic heterocycles. The molecule has 1 fully saturated rings. The average Bonchev–Trinajstić information content (AvgIpc) is 2.78. The molecule has 1 atom stereocenters. The molecule has 3 aromatic carbocycles. The van der Waals surface area contributed by atoms with Crippen molar-refractivity contribution in [1.82, 2.24) is 0 Å². The zero-order chi connectivity index (χ0) is 21.8. The fourth-order valence-electron chi connectivity index (χ4n) is 3.33. The highest BCUT2D eigenvalue weighted by Gasteiger charge is 2.31. The van der Waals surface area contributed by atoms with E-state index in [4.69, 9.17) is 29.1 Å². The maximum Gasteiger partial charge on any atom is 0.196 e. The van der Waals surface area contributed by atoms with Gasteiger partial charge in [-0.1, -0.05) is 43.0 Å². The molecule has 1 saturated heterocycles. The molecule has 1 aliphatic rings.